The van der Waals surface area contributed by atoms with Crippen LogP contribution in [0.2, 0.25) is 0 Å². The second kappa shape index (κ2) is 12.5. The Hall–Kier alpha value is -0.830. The molecule has 0 N–H and O–H groups in total. The van der Waals surface area contributed by atoms with E-state index < -0.39 is 0 Å². The first-order valence-electron chi connectivity index (χ1n) is 10.6. The molecule has 3 heteroatoms. The average molecular weight is 367 g/mol. The second-order valence-corrected chi connectivity index (χ2v) is 9.42. The highest BCUT2D eigenvalue weighted by atomic mass is 16.5. The lowest BCUT2D eigenvalue weighted by molar-refractivity contribution is 0.0442. The van der Waals surface area contributed by atoms with Crippen LogP contribution in [0.25, 0.3) is 0 Å². The topological polar surface area (TPSA) is 24.8 Å². The number of nitrogens with zero attached hydrogens (tertiary/aromatic N) is 2. The van der Waals surface area contributed by atoms with Gasteiger partial charge in [0, 0.05) is 31.6 Å². The summed E-state index contributed by atoms with van der Waals surface area (Å²) in [5.74, 6) is 0. The molecular weight excluding hydrogens is 320 g/mol. The highest BCUT2D eigenvalue weighted by Crippen LogP contribution is 2.22. The molecule has 0 amide bonds. The molecule has 0 saturated heterocycles. The highest BCUT2D eigenvalue weighted by molar-refractivity contribution is 5.58. The SMILES string of the molecule is CCCC=N/C(=C\N(C)C(C)(C)CCC)CCC(C)OCCC(C)(C)C. The molecule has 0 spiro atoms. The van der Waals surface area contributed by atoms with Gasteiger partial charge in [-0.25, -0.2) is 0 Å². The third kappa shape index (κ3) is 12.5. The molecule has 0 aromatic carbocycles. The molecule has 0 saturated carbocycles. The number of allylic oxidation sites excluding steroid dienone is 1. The fraction of sp³-hybridized carbons (Fsp3) is 0.870. The summed E-state index contributed by atoms with van der Waals surface area (Å²) in [4.78, 5) is 7.09. The van der Waals surface area contributed by atoms with Crippen molar-refractivity contribution in [1.82, 2.24) is 4.90 Å². The van der Waals surface area contributed by atoms with Crippen LogP contribution in [0.15, 0.2) is 16.9 Å². The van der Waals surface area contributed by atoms with Gasteiger partial charge in [0.1, 0.15) is 0 Å². The van der Waals surface area contributed by atoms with Gasteiger partial charge in [0.15, 0.2) is 0 Å². The number of ether oxygens (including phenoxy) is 1. The highest BCUT2D eigenvalue weighted by Gasteiger charge is 2.20. The van der Waals surface area contributed by atoms with Crippen molar-refractivity contribution < 1.29 is 4.74 Å². The van der Waals surface area contributed by atoms with Crippen molar-refractivity contribution in [2.75, 3.05) is 13.7 Å². The summed E-state index contributed by atoms with van der Waals surface area (Å²) in [6, 6.07) is 0. The molecule has 0 aromatic heterocycles. The molecule has 0 aliphatic carbocycles. The van der Waals surface area contributed by atoms with Crippen molar-refractivity contribution >= 4 is 6.21 Å². The maximum atomic E-state index is 6.01. The minimum Gasteiger partial charge on any atom is -0.378 e. The van der Waals surface area contributed by atoms with E-state index in [2.05, 4.69) is 79.8 Å². The molecule has 0 aliphatic rings. The fourth-order valence-corrected chi connectivity index (χ4v) is 2.66. The van der Waals surface area contributed by atoms with Crippen LogP contribution in [0.4, 0.5) is 0 Å². The monoisotopic (exact) mass is 366 g/mol. The number of unbranched alkanes of at least 4 members (excludes halogenated alkanes) is 1. The zero-order valence-electron chi connectivity index (χ0n) is 19.2. The van der Waals surface area contributed by atoms with Gasteiger partial charge in [-0.15, -0.1) is 0 Å². The minimum atomic E-state index is 0.162. The molecule has 0 aromatic rings. The van der Waals surface area contributed by atoms with Crippen LogP contribution in [-0.4, -0.2) is 36.4 Å². The van der Waals surface area contributed by atoms with Gasteiger partial charge in [-0.1, -0.05) is 47.5 Å². The largest absolute Gasteiger partial charge is 0.378 e. The van der Waals surface area contributed by atoms with Gasteiger partial charge in [0.25, 0.3) is 0 Å². The van der Waals surface area contributed by atoms with Crippen molar-refractivity contribution in [3.8, 4) is 0 Å². The van der Waals surface area contributed by atoms with Gasteiger partial charge in [-0.3, -0.25) is 4.99 Å². The maximum absolute atomic E-state index is 6.01. The van der Waals surface area contributed by atoms with Gasteiger partial charge in [-0.2, -0.15) is 0 Å². The quantitative estimate of drug-likeness (QED) is 0.334. The summed E-state index contributed by atoms with van der Waals surface area (Å²) in [5.41, 5.74) is 1.66. The number of hydrogen-bond donors (Lipinski definition) is 0. The molecule has 0 radical (unpaired) electrons. The summed E-state index contributed by atoms with van der Waals surface area (Å²) in [6.07, 6.45) is 12.2. The zero-order chi connectivity index (χ0) is 20.2. The molecule has 154 valence electrons. The summed E-state index contributed by atoms with van der Waals surface area (Å²) >= 11 is 0. The predicted molar refractivity (Wildman–Crippen MR) is 117 cm³/mol. The van der Waals surface area contributed by atoms with Gasteiger partial charge >= 0.3 is 0 Å². The van der Waals surface area contributed by atoms with Crippen molar-refractivity contribution in [3.05, 3.63) is 11.9 Å². The van der Waals surface area contributed by atoms with Gasteiger partial charge in [0.05, 0.1) is 11.8 Å². The smallest absolute Gasteiger partial charge is 0.0559 e. The number of rotatable bonds is 13. The van der Waals surface area contributed by atoms with E-state index in [9.17, 15) is 0 Å². The molecule has 3 nitrogen and oxygen atoms in total. The molecule has 1 unspecified atom stereocenters. The third-order valence-electron chi connectivity index (χ3n) is 4.90. The Kier molecular flexibility index (Phi) is 12.1. The van der Waals surface area contributed by atoms with E-state index >= 15 is 0 Å². The van der Waals surface area contributed by atoms with Crippen LogP contribution in [-0.2, 0) is 4.74 Å². The zero-order valence-corrected chi connectivity index (χ0v) is 19.2. The van der Waals surface area contributed by atoms with Crippen molar-refractivity contribution in [3.63, 3.8) is 0 Å². The van der Waals surface area contributed by atoms with E-state index in [0.29, 0.717) is 5.41 Å². The predicted octanol–water partition coefficient (Wildman–Crippen LogP) is 6.83. The first-order chi connectivity index (χ1) is 12.0. The molecule has 1 atom stereocenters. The Bertz CT molecular complexity index is 418. The van der Waals surface area contributed by atoms with E-state index in [1.54, 1.807) is 0 Å². The van der Waals surface area contributed by atoms with Crippen LogP contribution >= 0.6 is 0 Å². The minimum absolute atomic E-state index is 0.162. The van der Waals surface area contributed by atoms with E-state index in [-0.39, 0.29) is 11.6 Å². The summed E-state index contributed by atoms with van der Waals surface area (Å²) in [5, 5.41) is 0. The van der Waals surface area contributed by atoms with Crippen molar-refractivity contribution in [1.29, 1.82) is 0 Å². The third-order valence-corrected chi connectivity index (χ3v) is 4.90. The van der Waals surface area contributed by atoms with E-state index in [1.807, 2.05) is 0 Å². The molecular formula is C23H46N2O. The van der Waals surface area contributed by atoms with Gasteiger partial charge in [-0.05, 0) is 58.3 Å². The molecule has 26 heavy (non-hydrogen) atoms. The Morgan fingerprint density at radius 1 is 1.08 bits per heavy atom. The van der Waals surface area contributed by atoms with Crippen LogP contribution in [0.1, 0.15) is 100 Å². The van der Waals surface area contributed by atoms with Crippen LogP contribution in [0.5, 0.6) is 0 Å². The number of hydrogen-bond acceptors (Lipinski definition) is 3. The first-order valence-corrected chi connectivity index (χ1v) is 10.6. The van der Waals surface area contributed by atoms with Crippen molar-refractivity contribution in [2.24, 2.45) is 10.4 Å². The Morgan fingerprint density at radius 3 is 2.27 bits per heavy atom. The second-order valence-electron chi connectivity index (χ2n) is 9.42. The first kappa shape index (κ1) is 25.2. The lowest BCUT2D eigenvalue weighted by Crippen LogP contribution is -2.37. The fourth-order valence-electron chi connectivity index (χ4n) is 2.66. The molecule has 0 fully saturated rings. The summed E-state index contributed by atoms with van der Waals surface area (Å²) in [7, 11) is 2.17. The standard InChI is InChI=1S/C23H46N2O/c1-10-12-17-24-21(19-25(9)23(7,8)15-11-2)14-13-20(3)26-18-16-22(4,5)6/h17,19-20H,10-16,18H2,1-9H3/b21-19-,24-17?. The molecule has 0 aliphatic heterocycles. The molecule has 0 bridgehead atoms. The molecule has 0 heterocycles. The Balaban J connectivity index is 4.76. The van der Waals surface area contributed by atoms with Crippen LogP contribution in [0.3, 0.4) is 0 Å². The van der Waals surface area contributed by atoms with Crippen molar-refractivity contribution in [2.45, 2.75) is 112 Å². The lowest BCUT2D eigenvalue weighted by Gasteiger charge is -2.35. The van der Waals surface area contributed by atoms with E-state index in [0.717, 1.165) is 44.4 Å². The van der Waals surface area contributed by atoms with E-state index in [1.165, 1.54) is 12.8 Å². The molecule has 0 rings (SSSR count). The van der Waals surface area contributed by atoms with Crippen LogP contribution < -0.4 is 0 Å². The maximum Gasteiger partial charge on any atom is 0.0559 e. The van der Waals surface area contributed by atoms with Crippen LogP contribution in [0, 0.1) is 5.41 Å². The van der Waals surface area contributed by atoms with Gasteiger partial charge in [0.2, 0.25) is 0 Å². The Labute approximate surface area is 164 Å². The lowest BCUT2D eigenvalue weighted by atomic mass is 9.93. The average Bonchev–Trinajstić information content (AvgIpc) is 2.51. The Morgan fingerprint density at radius 2 is 1.73 bits per heavy atom. The number of aliphatic imine (C=N–C) groups is 1. The van der Waals surface area contributed by atoms with E-state index in [4.69, 9.17) is 9.73 Å². The normalized spacial score (nSPS) is 14.9. The summed E-state index contributed by atoms with van der Waals surface area (Å²) in [6.45, 7) is 18.9. The summed E-state index contributed by atoms with van der Waals surface area (Å²) < 4.78 is 6.01. The van der Waals surface area contributed by atoms with Gasteiger partial charge < -0.3 is 9.64 Å².